The van der Waals surface area contributed by atoms with E-state index in [4.69, 9.17) is 5.11 Å². The molecule has 7 nitrogen and oxygen atoms in total. The lowest BCUT2D eigenvalue weighted by atomic mass is 9.94. The standard InChI is InChI=1S/C17H14N4O3S/c22-14(9-21-8-7-12(20-21)16(23)24)18-17-19-15-11-4-2-1-3-10(11)5-6-13(15)25-17/h1-4,7-8H,5-6,9H2,(H,23,24)(H,18,19,22). The van der Waals surface area contributed by atoms with Crippen molar-refractivity contribution in [2.75, 3.05) is 5.32 Å². The zero-order valence-corrected chi connectivity index (χ0v) is 13.9. The van der Waals surface area contributed by atoms with Crippen molar-refractivity contribution in [1.82, 2.24) is 14.8 Å². The van der Waals surface area contributed by atoms with Crippen LogP contribution in [0, 0.1) is 0 Å². The number of carbonyl (C=O) groups is 2. The number of rotatable bonds is 4. The van der Waals surface area contributed by atoms with Gasteiger partial charge in [0, 0.05) is 16.6 Å². The third kappa shape index (κ3) is 3.03. The lowest BCUT2D eigenvalue weighted by Crippen LogP contribution is -2.19. The van der Waals surface area contributed by atoms with Crippen LogP contribution in [0.3, 0.4) is 0 Å². The van der Waals surface area contributed by atoms with Crippen molar-refractivity contribution in [1.29, 1.82) is 0 Å². The maximum atomic E-state index is 12.2. The van der Waals surface area contributed by atoms with Crippen LogP contribution in [0.1, 0.15) is 20.9 Å². The number of aryl methyl sites for hydroxylation is 2. The Balaban J connectivity index is 1.49. The van der Waals surface area contributed by atoms with Gasteiger partial charge in [0.25, 0.3) is 0 Å². The lowest BCUT2D eigenvalue weighted by Gasteiger charge is -2.13. The minimum absolute atomic E-state index is 0.0614. The fraction of sp³-hybridized carbons (Fsp3) is 0.176. The minimum atomic E-state index is -1.12. The summed E-state index contributed by atoms with van der Waals surface area (Å²) in [5.74, 6) is -1.41. The molecule has 8 heteroatoms. The second-order valence-electron chi connectivity index (χ2n) is 5.70. The molecule has 0 bridgehead atoms. The highest BCUT2D eigenvalue weighted by Gasteiger charge is 2.21. The number of carbonyl (C=O) groups excluding carboxylic acids is 1. The van der Waals surface area contributed by atoms with Gasteiger partial charge in [-0.1, -0.05) is 24.3 Å². The van der Waals surface area contributed by atoms with Crippen LogP contribution in [0.25, 0.3) is 11.3 Å². The Kier molecular flexibility index (Phi) is 3.81. The van der Waals surface area contributed by atoms with Gasteiger partial charge in [0.1, 0.15) is 6.54 Å². The predicted molar refractivity (Wildman–Crippen MR) is 92.8 cm³/mol. The summed E-state index contributed by atoms with van der Waals surface area (Å²) in [6, 6.07) is 9.52. The number of aromatic nitrogens is 3. The number of benzene rings is 1. The van der Waals surface area contributed by atoms with Crippen LogP contribution in [-0.2, 0) is 24.2 Å². The zero-order valence-electron chi connectivity index (χ0n) is 13.1. The monoisotopic (exact) mass is 354 g/mol. The van der Waals surface area contributed by atoms with Crippen LogP contribution in [0.4, 0.5) is 5.13 Å². The quantitative estimate of drug-likeness (QED) is 0.750. The summed E-state index contributed by atoms with van der Waals surface area (Å²) in [5, 5.41) is 16.0. The molecule has 126 valence electrons. The Morgan fingerprint density at radius 1 is 1.24 bits per heavy atom. The highest BCUT2D eigenvalue weighted by atomic mass is 32.1. The molecule has 0 fully saturated rings. The van der Waals surface area contributed by atoms with Gasteiger partial charge >= 0.3 is 5.97 Å². The summed E-state index contributed by atoms with van der Waals surface area (Å²) < 4.78 is 1.29. The maximum absolute atomic E-state index is 12.2. The number of aromatic carboxylic acids is 1. The van der Waals surface area contributed by atoms with E-state index in [1.807, 2.05) is 12.1 Å². The van der Waals surface area contributed by atoms with Gasteiger partial charge in [0.15, 0.2) is 10.8 Å². The second-order valence-corrected chi connectivity index (χ2v) is 6.78. The predicted octanol–water partition coefficient (Wildman–Crippen LogP) is 2.44. The molecule has 0 saturated carbocycles. The zero-order chi connectivity index (χ0) is 17.4. The molecule has 1 amide bonds. The summed E-state index contributed by atoms with van der Waals surface area (Å²) >= 11 is 1.48. The fourth-order valence-corrected chi connectivity index (χ4v) is 3.86. The number of carboxylic acid groups (broad SMARTS) is 1. The van der Waals surface area contributed by atoms with E-state index in [0.29, 0.717) is 5.13 Å². The van der Waals surface area contributed by atoms with Crippen LogP contribution < -0.4 is 5.32 Å². The lowest BCUT2D eigenvalue weighted by molar-refractivity contribution is -0.116. The molecule has 25 heavy (non-hydrogen) atoms. The first kappa shape index (κ1) is 15.5. The SMILES string of the molecule is O=C(Cn1ccc(C(=O)O)n1)Nc1nc2c(s1)CCc1ccccc1-2. The summed E-state index contributed by atoms with van der Waals surface area (Å²) in [4.78, 5) is 28.7. The highest BCUT2D eigenvalue weighted by molar-refractivity contribution is 7.16. The van der Waals surface area contributed by atoms with Gasteiger partial charge in [-0.15, -0.1) is 11.3 Å². The molecule has 0 aliphatic heterocycles. The fourth-order valence-electron chi connectivity index (χ4n) is 2.87. The average molecular weight is 354 g/mol. The summed E-state index contributed by atoms with van der Waals surface area (Å²) in [6.07, 6.45) is 3.36. The van der Waals surface area contributed by atoms with Gasteiger partial charge in [0.05, 0.1) is 5.69 Å². The molecule has 2 heterocycles. The molecule has 3 aromatic rings. The van der Waals surface area contributed by atoms with Gasteiger partial charge in [0.2, 0.25) is 5.91 Å². The molecule has 0 saturated heterocycles. The summed E-state index contributed by atoms with van der Waals surface area (Å²) in [6.45, 7) is -0.0614. The Morgan fingerprint density at radius 3 is 2.88 bits per heavy atom. The number of anilines is 1. The number of hydrogen-bond donors (Lipinski definition) is 2. The first-order valence-corrected chi connectivity index (χ1v) is 8.56. The van der Waals surface area contributed by atoms with Gasteiger partial charge in [-0.3, -0.25) is 9.48 Å². The van der Waals surface area contributed by atoms with Gasteiger partial charge in [-0.25, -0.2) is 9.78 Å². The van der Waals surface area contributed by atoms with Crippen LogP contribution in [0.2, 0.25) is 0 Å². The normalized spacial score (nSPS) is 12.3. The largest absolute Gasteiger partial charge is 0.476 e. The number of amides is 1. The van der Waals surface area contributed by atoms with Crippen molar-refractivity contribution < 1.29 is 14.7 Å². The molecule has 0 spiro atoms. The summed E-state index contributed by atoms with van der Waals surface area (Å²) in [5.41, 5.74) is 3.25. The molecular weight excluding hydrogens is 340 g/mol. The van der Waals surface area contributed by atoms with E-state index in [9.17, 15) is 9.59 Å². The molecule has 0 radical (unpaired) electrons. The smallest absolute Gasteiger partial charge is 0.356 e. The third-order valence-electron chi connectivity index (χ3n) is 4.00. The van der Waals surface area contributed by atoms with Crippen LogP contribution in [0.5, 0.6) is 0 Å². The average Bonchev–Trinajstić information content (AvgIpc) is 3.21. The van der Waals surface area contributed by atoms with Gasteiger partial charge in [-0.05, 0) is 24.5 Å². The van der Waals surface area contributed by atoms with E-state index in [-0.39, 0.29) is 18.1 Å². The second kappa shape index (κ2) is 6.14. The highest BCUT2D eigenvalue weighted by Crippen LogP contribution is 2.37. The van der Waals surface area contributed by atoms with Crippen molar-refractivity contribution >= 4 is 28.3 Å². The van der Waals surface area contributed by atoms with Crippen molar-refractivity contribution in [2.24, 2.45) is 0 Å². The van der Waals surface area contributed by atoms with Crippen LogP contribution in [-0.4, -0.2) is 31.7 Å². The van der Waals surface area contributed by atoms with E-state index < -0.39 is 5.97 Å². The Morgan fingerprint density at radius 2 is 2.08 bits per heavy atom. The first-order chi connectivity index (χ1) is 12.1. The number of nitrogens with one attached hydrogen (secondary N) is 1. The molecule has 0 atom stereocenters. The first-order valence-electron chi connectivity index (χ1n) is 7.75. The van der Waals surface area contributed by atoms with Crippen molar-refractivity contribution in [3.63, 3.8) is 0 Å². The molecule has 2 aromatic heterocycles. The van der Waals surface area contributed by atoms with Crippen molar-refractivity contribution in [3.05, 3.63) is 52.7 Å². The topological polar surface area (TPSA) is 97.1 Å². The van der Waals surface area contributed by atoms with E-state index in [1.165, 1.54) is 38.7 Å². The third-order valence-corrected chi connectivity index (χ3v) is 5.03. The van der Waals surface area contributed by atoms with E-state index >= 15 is 0 Å². The van der Waals surface area contributed by atoms with Crippen molar-refractivity contribution in [2.45, 2.75) is 19.4 Å². The van der Waals surface area contributed by atoms with Gasteiger partial charge < -0.3 is 10.4 Å². The Labute approximate surface area is 146 Å². The Hall–Kier alpha value is -3.00. The van der Waals surface area contributed by atoms with Crippen LogP contribution in [0.15, 0.2) is 36.5 Å². The number of fused-ring (bicyclic) bond motifs is 3. The molecule has 4 rings (SSSR count). The minimum Gasteiger partial charge on any atom is -0.476 e. The number of hydrogen-bond acceptors (Lipinski definition) is 5. The molecule has 0 unspecified atom stereocenters. The molecular formula is C17H14N4O3S. The molecule has 2 N–H and O–H groups in total. The maximum Gasteiger partial charge on any atom is 0.356 e. The number of nitrogens with zero attached hydrogens (tertiary/aromatic N) is 3. The van der Waals surface area contributed by atoms with Crippen molar-refractivity contribution in [3.8, 4) is 11.3 Å². The molecule has 1 aromatic carbocycles. The Bertz CT molecular complexity index is 976. The van der Waals surface area contributed by atoms with Gasteiger partial charge in [-0.2, -0.15) is 5.10 Å². The molecule has 1 aliphatic carbocycles. The van der Waals surface area contributed by atoms with E-state index in [1.54, 1.807) is 0 Å². The number of thiazole rings is 1. The van der Waals surface area contributed by atoms with E-state index in [2.05, 4.69) is 27.5 Å². The van der Waals surface area contributed by atoms with Crippen LogP contribution >= 0.6 is 11.3 Å². The summed E-state index contributed by atoms with van der Waals surface area (Å²) in [7, 11) is 0. The molecule has 1 aliphatic rings. The van der Waals surface area contributed by atoms with E-state index in [0.717, 1.165) is 24.1 Å². The number of carboxylic acids is 1.